The molecule has 0 fully saturated rings. The number of carbonyl (C=O) groups excluding carboxylic acids is 3. The van der Waals surface area contributed by atoms with Crippen LogP contribution in [0.4, 0.5) is 16.2 Å². The van der Waals surface area contributed by atoms with E-state index < -0.39 is 6.09 Å². The molecule has 0 saturated heterocycles. The zero-order valence-corrected chi connectivity index (χ0v) is 23.1. The molecule has 0 spiro atoms. The van der Waals surface area contributed by atoms with Gasteiger partial charge in [0.15, 0.2) is 0 Å². The second kappa shape index (κ2) is 12.4. The van der Waals surface area contributed by atoms with Gasteiger partial charge in [0, 0.05) is 35.7 Å². The van der Waals surface area contributed by atoms with Crippen molar-refractivity contribution in [2.24, 2.45) is 0 Å². The van der Waals surface area contributed by atoms with Gasteiger partial charge < -0.3 is 20.4 Å². The van der Waals surface area contributed by atoms with Gasteiger partial charge in [-0.1, -0.05) is 29.8 Å². The number of amides is 3. The number of ether oxygens (including phenoxy) is 1. The van der Waals surface area contributed by atoms with Gasteiger partial charge in [-0.25, -0.2) is 9.78 Å². The van der Waals surface area contributed by atoms with E-state index in [1.807, 2.05) is 24.3 Å². The molecular weight excluding hydrogens is 530 g/mol. The lowest BCUT2D eigenvalue weighted by Gasteiger charge is -2.14. The molecule has 1 aromatic heterocycles. The van der Waals surface area contributed by atoms with Crippen LogP contribution in [0.1, 0.15) is 65.3 Å². The predicted octanol–water partition coefficient (Wildman–Crippen LogP) is 5.98. The molecule has 208 valence electrons. The number of halogens is 1. The highest BCUT2D eigenvalue weighted by Gasteiger charge is 2.22. The molecule has 2 aromatic carbocycles. The number of nitrogens with zero attached hydrogens (tertiary/aromatic N) is 1. The van der Waals surface area contributed by atoms with Gasteiger partial charge in [-0.15, -0.1) is 0 Å². The van der Waals surface area contributed by atoms with E-state index >= 15 is 0 Å². The number of H-pyrrole nitrogens is 1. The molecular formula is C30H32ClN5O4. The van der Waals surface area contributed by atoms with Gasteiger partial charge in [-0.05, 0) is 80.0 Å². The Morgan fingerprint density at radius 3 is 2.80 bits per heavy atom. The Hall–Kier alpha value is -4.11. The fourth-order valence-corrected chi connectivity index (χ4v) is 5.43. The monoisotopic (exact) mass is 561 g/mol. The Bertz CT molecular complexity index is 1460. The van der Waals surface area contributed by atoms with Gasteiger partial charge in [0.1, 0.15) is 16.7 Å². The van der Waals surface area contributed by atoms with Crippen molar-refractivity contribution < 1.29 is 19.1 Å². The average molecular weight is 562 g/mol. The number of aromatic amines is 1. The lowest BCUT2D eigenvalue weighted by molar-refractivity contribution is -0.116. The van der Waals surface area contributed by atoms with Crippen LogP contribution >= 0.6 is 11.6 Å². The Morgan fingerprint density at radius 2 is 1.95 bits per heavy atom. The summed E-state index contributed by atoms with van der Waals surface area (Å²) in [7, 11) is 1.28. The smallest absolute Gasteiger partial charge is 0.411 e. The second-order valence-electron chi connectivity index (χ2n) is 10.0. The summed E-state index contributed by atoms with van der Waals surface area (Å²) in [6, 6.07) is 11.1. The molecule has 2 aliphatic rings. The number of carbonyl (C=O) groups is 3. The van der Waals surface area contributed by atoms with Crippen LogP contribution < -0.4 is 16.0 Å². The lowest BCUT2D eigenvalue weighted by atomic mass is 9.99. The van der Waals surface area contributed by atoms with Crippen LogP contribution in [-0.4, -0.2) is 41.5 Å². The number of anilines is 2. The molecule has 0 saturated carbocycles. The molecule has 3 amide bonds. The van der Waals surface area contributed by atoms with Gasteiger partial charge in [0.25, 0.3) is 5.91 Å². The molecule has 3 aromatic rings. The van der Waals surface area contributed by atoms with E-state index in [4.69, 9.17) is 16.6 Å². The molecule has 0 radical (unpaired) electrons. The number of benzene rings is 2. The molecule has 40 heavy (non-hydrogen) atoms. The molecule has 2 bridgehead atoms. The van der Waals surface area contributed by atoms with Gasteiger partial charge >= 0.3 is 6.09 Å². The standard InChI is InChI=1S/C30H32ClN5O4/c1-40-30(39)33-22-12-13-23-24(17-22)34-25(37)9-4-2-3-6-19(28-35-26(23)27(31)36-28)14-15-32-29(38)21-11-10-18-7-5-8-20(18)16-21/h2-3,10-13,16-17,19H,4-9,14-15H2,1H3,(H,32,38)(H,33,39)(H,34,37)(H,35,36)/b3-2+/t19-/m1/s1. The first-order chi connectivity index (χ1) is 19.4. The van der Waals surface area contributed by atoms with E-state index in [0.717, 1.165) is 19.3 Å². The number of aryl methyl sites for hydroxylation is 2. The van der Waals surface area contributed by atoms with Crippen LogP contribution in [0.3, 0.4) is 0 Å². The van der Waals surface area contributed by atoms with E-state index in [1.54, 1.807) is 18.2 Å². The number of imidazole rings is 1. The molecule has 5 rings (SSSR count). The number of hydrogen-bond acceptors (Lipinski definition) is 5. The first-order valence-electron chi connectivity index (χ1n) is 13.5. The summed E-state index contributed by atoms with van der Waals surface area (Å²) in [6.45, 7) is 0.473. The zero-order chi connectivity index (χ0) is 28.1. The van der Waals surface area contributed by atoms with Gasteiger partial charge in [-0.3, -0.25) is 14.9 Å². The second-order valence-corrected chi connectivity index (χ2v) is 10.4. The quantitative estimate of drug-likeness (QED) is 0.285. The Morgan fingerprint density at radius 1 is 1.10 bits per heavy atom. The normalized spacial score (nSPS) is 17.2. The van der Waals surface area contributed by atoms with Crippen LogP contribution in [-0.2, 0) is 22.4 Å². The van der Waals surface area contributed by atoms with Crippen LogP contribution in [0.5, 0.6) is 0 Å². The lowest BCUT2D eigenvalue weighted by Crippen LogP contribution is -2.26. The highest BCUT2D eigenvalue weighted by Crippen LogP contribution is 2.36. The maximum Gasteiger partial charge on any atom is 0.411 e. The summed E-state index contributed by atoms with van der Waals surface area (Å²) in [5.74, 6) is 0.418. The third kappa shape index (κ3) is 6.37. The van der Waals surface area contributed by atoms with Crippen molar-refractivity contribution in [3.63, 3.8) is 0 Å². The third-order valence-corrected chi connectivity index (χ3v) is 7.58. The van der Waals surface area contributed by atoms with E-state index in [0.29, 0.717) is 71.4 Å². The first-order valence-corrected chi connectivity index (χ1v) is 13.9. The number of aromatic nitrogens is 2. The first kappa shape index (κ1) is 27.5. The maximum atomic E-state index is 12.9. The Kier molecular flexibility index (Phi) is 8.50. The van der Waals surface area contributed by atoms with E-state index in [9.17, 15) is 14.4 Å². The largest absolute Gasteiger partial charge is 0.453 e. The van der Waals surface area contributed by atoms with Crippen LogP contribution in [0, 0.1) is 0 Å². The van der Waals surface area contributed by atoms with Crippen LogP contribution in [0.15, 0.2) is 48.6 Å². The highest BCUT2D eigenvalue weighted by molar-refractivity contribution is 6.32. The predicted molar refractivity (Wildman–Crippen MR) is 155 cm³/mol. The maximum absolute atomic E-state index is 12.9. The van der Waals surface area contributed by atoms with Crippen molar-refractivity contribution in [1.29, 1.82) is 0 Å². The molecule has 1 atom stereocenters. The molecule has 0 unspecified atom stereocenters. The number of nitrogens with one attached hydrogen (secondary N) is 4. The summed E-state index contributed by atoms with van der Waals surface area (Å²) in [5, 5.41) is 8.93. The minimum atomic E-state index is -0.618. The van der Waals surface area contributed by atoms with Crippen molar-refractivity contribution in [3.8, 4) is 11.3 Å². The number of rotatable bonds is 5. The van der Waals surface area contributed by atoms with Crippen LogP contribution in [0.25, 0.3) is 11.3 Å². The fraction of sp³-hybridized carbons (Fsp3) is 0.333. The van der Waals surface area contributed by atoms with Gasteiger partial charge in [-0.2, -0.15) is 0 Å². The molecule has 10 heteroatoms. The minimum absolute atomic E-state index is 0.0315. The van der Waals surface area contributed by atoms with Crippen LogP contribution in [0.2, 0.25) is 5.15 Å². The van der Waals surface area contributed by atoms with Gasteiger partial charge in [0.2, 0.25) is 5.91 Å². The average Bonchev–Trinajstić information content (AvgIpc) is 3.57. The highest BCUT2D eigenvalue weighted by atomic mass is 35.5. The molecule has 2 heterocycles. The van der Waals surface area contributed by atoms with Crippen molar-refractivity contribution in [3.05, 3.63) is 76.2 Å². The third-order valence-electron chi connectivity index (χ3n) is 7.31. The number of hydrogen-bond donors (Lipinski definition) is 4. The number of allylic oxidation sites excluding steroid dienone is 2. The van der Waals surface area contributed by atoms with E-state index in [-0.39, 0.29) is 17.7 Å². The van der Waals surface area contributed by atoms with Crippen molar-refractivity contribution in [2.45, 2.75) is 50.9 Å². The molecule has 1 aliphatic carbocycles. The molecule has 1 aliphatic heterocycles. The van der Waals surface area contributed by atoms with E-state index in [2.05, 4.69) is 31.7 Å². The minimum Gasteiger partial charge on any atom is -0.453 e. The van der Waals surface area contributed by atoms with Crippen molar-refractivity contribution in [1.82, 2.24) is 15.3 Å². The fourth-order valence-electron chi connectivity index (χ4n) is 5.19. The summed E-state index contributed by atoms with van der Waals surface area (Å²) >= 11 is 6.63. The van der Waals surface area contributed by atoms with Crippen molar-refractivity contribution >= 4 is 40.9 Å². The summed E-state index contributed by atoms with van der Waals surface area (Å²) in [6.07, 6.45) is 8.85. The molecule has 4 N–H and O–H groups in total. The molecule has 9 nitrogen and oxygen atoms in total. The summed E-state index contributed by atoms with van der Waals surface area (Å²) in [5.41, 5.74) is 5.34. The van der Waals surface area contributed by atoms with E-state index in [1.165, 1.54) is 18.2 Å². The zero-order valence-electron chi connectivity index (χ0n) is 22.3. The summed E-state index contributed by atoms with van der Waals surface area (Å²) in [4.78, 5) is 45.3. The summed E-state index contributed by atoms with van der Waals surface area (Å²) < 4.78 is 4.68. The SMILES string of the molecule is COC(=O)Nc1ccc2c(c1)NC(=O)CC/C=C/C[C@H](CCNC(=O)c1ccc3c(c1)CCC3)c1nc-2c(Cl)[nH]1. The Labute approximate surface area is 237 Å². The number of methoxy groups -OCH3 is 1. The van der Waals surface area contributed by atoms with Gasteiger partial charge in [0.05, 0.1) is 12.8 Å². The Balaban J connectivity index is 1.36. The topological polar surface area (TPSA) is 125 Å². The number of fused-ring (bicyclic) bond motifs is 5. The van der Waals surface area contributed by atoms with Crippen molar-refractivity contribution in [2.75, 3.05) is 24.3 Å².